The molecule has 1 aliphatic heterocycles. The molecule has 1 aliphatic rings. The molecule has 0 saturated carbocycles. The first kappa shape index (κ1) is 14.9. The summed E-state index contributed by atoms with van der Waals surface area (Å²) in [6.07, 6.45) is 0. The summed E-state index contributed by atoms with van der Waals surface area (Å²) in [5, 5.41) is 6.37. The van der Waals surface area contributed by atoms with E-state index in [0.29, 0.717) is 0 Å². The van der Waals surface area contributed by atoms with Gasteiger partial charge in [0.25, 0.3) is 5.91 Å². The van der Waals surface area contributed by atoms with Crippen LogP contribution < -0.4 is 15.5 Å². The minimum atomic E-state index is -0.211. The molecule has 1 aromatic rings. The normalized spacial score (nSPS) is 16.1. The Labute approximate surface area is 121 Å². The molecule has 1 heterocycles. The molecule has 20 heavy (non-hydrogen) atoms. The second-order valence-electron chi connectivity index (χ2n) is 6.44. The quantitative estimate of drug-likeness (QED) is 0.867. The molecule has 4 nitrogen and oxygen atoms in total. The molecule has 4 heteroatoms. The van der Waals surface area contributed by atoms with Crippen LogP contribution in [0.2, 0.25) is 0 Å². The van der Waals surface area contributed by atoms with Gasteiger partial charge in [0.1, 0.15) is 0 Å². The van der Waals surface area contributed by atoms with Crippen LogP contribution in [-0.4, -0.2) is 37.6 Å². The van der Waals surface area contributed by atoms with Crippen LogP contribution in [0.15, 0.2) is 18.2 Å². The lowest BCUT2D eigenvalue weighted by molar-refractivity contribution is 0.0919. The first-order valence-corrected chi connectivity index (χ1v) is 7.26. The first-order chi connectivity index (χ1) is 9.37. The zero-order chi connectivity index (χ0) is 14.8. The maximum Gasteiger partial charge on any atom is 0.251 e. The van der Waals surface area contributed by atoms with Crippen molar-refractivity contribution in [1.29, 1.82) is 0 Å². The number of anilines is 1. The van der Waals surface area contributed by atoms with Crippen LogP contribution in [0.5, 0.6) is 0 Å². The molecule has 110 valence electrons. The average Bonchev–Trinajstić information content (AvgIpc) is 2.38. The number of nitrogens with zero attached hydrogens (tertiary/aromatic N) is 1. The van der Waals surface area contributed by atoms with Gasteiger partial charge < -0.3 is 15.5 Å². The smallest absolute Gasteiger partial charge is 0.251 e. The SMILES string of the molecule is Cc1ccc(C(=O)NC(C)(C)C)cc1N1CCNCC1. The first-order valence-electron chi connectivity index (χ1n) is 7.26. The van der Waals surface area contributed by atoms with E-state index >= 15 is 0 Å². The minimum Gasteiger partial charge on any atom is -0.369 e. The zero-order valence-electron chi connectivity index (χ0n) is 12.9. The van der Waals surface area contributed by atoms with Crippen molar-refractivity contribution in [2.75, 3.05) is 31.1 Å². The van der Waals surface area contributed by atoms with Crippen LogP contribution in [-0.2, 0) is 0 Å². The number of hydrogen-bond acceptors (Lipinski definition) is 3. The van der Waals surface area contributed by atoms with Gasteiger partial charge in [-0.2, -0.15) is 0 Å². The molecule has 0 atom stereocenters. The monoisotopic (exact) mass is 275 g/mol. The molecule has 1 saturated heterocycles. The summed E-state index contributed by atoms with van der Waals surface area (Å²) < 4.78 is 0. The van der Waals surface area contributed by atoms with E-state index in [1.807, 2.05) is 39.0 Å². The second kappa shape index (κ2) is 5.83. The largest absolute Gasteiger partial charge is 0.369 e. The molecule has 0 spiro atoms. The average molecular weight is 275 g/mol. The third-order valence-electron chi connectivity index (χ3n) is 3.42. The van der Waals surface area contributed by atoms with Crippen molar-refractivity contribution >= 4 is 11.6 Å². The number of hydrogen-bond donors (Lipinski definition) is 2. The lowest BCUT2D eigenvalue weighted by Gasteiger charge is -2.31. The van der Waals surface area contributed by atoms with Crippen LogP contribution in [0.1, 0.15) is 36.7 Å². The van der Waals surface area contributed by atoms with Gasteiger partial charge >= 0.3 is 0 Å². The zero-order valence-corrected chi connectivity index (χ0v) is 12.9. The summed E-state index contributed by atoms with van der Waals surface area (Å²) >= 11 is 0. The van der Waals surface area contributed by atoms with Gasteiger partial charge in [-0.3, -0.25) is 4.79 Å². The van der Waals surface area contributed by atoms with Crippen molar-refractivity contribution in [1.82, 2.24) is 10.6 Å². The van der Waals surface area contributed by atoms with Crippen LogP contribution in [0.3, 0.4) is 0 Å². The molecule has 0 bridgehead atoms. The Hall–Kier alpha value is -1.55. The molecular weight excluding hydrogens is 250 g/mol. The van der Waals surface area contributed by atoms with E-state index in [0.717, 1.165) is 31.7 Å². The standard InChI is InChI=1S/C16H25N3O/c1-12-5-6-13(15(20)18-16(2,3)4)11-14(12)19-9-7-17-8-10-19/h5-6,11,17H,7-10H2,1-4H3,(H,18,20). The lowest BCUT2D eigenvalue weighted by Crippen LogP contribution is -2.44. The predicted octanol–water partition coefficient (Wildman–Crippen LogP) is 1.93. The lowest BCUT2D eigenvalue weighted by atomic mass is 10.1. The number of rotatable bonds is 2. The van der Waals surface area contributed by atoms with E-state index in [9.17, 15) is 4.79 Å². The number of carbonyl (C=O) groups excluding carboxylic acids is 1. The Balaban J connectivity index is 2.21. The molecule has 1 amide bonds. The van der Waals surface area contributed by atoms with Gasteiger partial charge in [-0.25, -0.2) is 0 Å². The van der Waals surface area contributed by atoms with Crippen molar-refractivity contribution in [3.05, 3.63) is 29.3 Å². The molecule has 0 unspecified atom stereocenters. The third kappa shape index (κ3) is 3.73. The Bertz CT molecular complexity index is 485. The summed E-state index contributed by atoms with van der Waals surface area (Å²) in [5.74, 6) is -0.00566. The fraction of sp³-hybridized carbons (Fsp3) is 0.562. The highest BCUT2D eigenvalue weighted by Crippen LogP contribution is 2.22. The van der Waals surface area contributed by atoms with Gasteiger partial charge in [0.2, 0.25) is 0 Å². The highest BCUT2D eigenvalue weighted by molar-refractivity contribution is 5.95. The molecule has 2 N–H and O–H groups in total. The fourth-order valence-corrected chi connectivity index (χ4v) is 2.41. The van der Waals surface area contributed by atoms with Crippen LogP contribution in [0.25, 0.3) is 0 Å². The summed E-state index contributed by atoms with van der Waals surface area (Å²) in [6.45, 7) is 12.1. The number of aryl methyl sites for hydroxylation is 1. The molecule has 2 rings (SSSR count). The van der Waals surface area contributed by atoms with Gasteiger partial charge in [-0.05, 0) is 45.4 Å². The van der Waals surface area contributed by atoms with Crippen molar-refractivity contribution in [3.8, 4) is 0 Å². The highest BCUT2D eigenvalue weighted by atomic mass is 16.1. The van der Waals surface area contributed by atoms with Crippen LogP contribution in [0, 0.1) is 6.92 Å². The van der Waals surface area contributed by atoms with Crippen molar-refractivity contribution in [2.24, 2.45) is 0 Å². The Morgan fingerprint density at radius 1 is 1.25 bits per heavy atom. The predicted molar refractivity (Wildman–Crippen MR) is 83.5 cm³/mol. The van der Waals surface area contributed by atoms with E-state index in [4.69, 9.17) is 0 Å². The van der Waals surface area contributed by atoms with E-state index in [1.54, 1.807) is 0 Å². The molecule has 0 aliphatic carbocycles. The number of nitrogens with one attached hydrogen (secondary N) is 2. The van der Waals surface area contributed by atoms with Crippen molar-refractivity contribution in [2.45, 2.75) is 33.2 Å². The van der Waals surface area contributed by atoms with Crippen LogP contribution in [0.4, 0.5) is 5.69 Å². The number of carbonyl (C=O) groups is 1. The Morgan fingerprint density at radius 2 is 1.90 bits per heavy atom. The molecule has 0 aromatic heterocycles. The van der Waals surface area contributed by atoms with Crippen molar-refractivity contribution in [3.63, 3.8) is 0 Å². The van der Waals surface area contributed by atoms with Gasteiger partial charge in [0, 0.05) is 43.0 Å². The fourth-order valence-electron chi connectivity index (χ4n) is 2.41. The van der Waals surface area contributed by atoms with E-state index < -0.39 is 0 Å². The summed E-state index contributed by atoms with van der Waals surface area (Å²) in [7, 11) is 0. The van der Waals surface area contributed by atoms with Gasteiger partial charge in [-0.1, -0.05) is 6.07 Å². The Morgan fingerprint density at radius 3 is 2.50 bits per heavy atom. The van der Waals surface area contributed by atoms with Gasteiger partial charge in [0.15, 0.2) is 0 Å². The van der Waals surface area contributed by atoms with Crippen LogP contribution >= 0.6 is 0 Å². The number of amides is 1. The molecule has 0 radical (unpaired) electrons. The topological polar surface area (TPSA) is 44.4 Å². The minimum absolute atomic E-state index is 0.00566. The third-order valence-corrected chi connectivity index (χ3v) is 3.42. The molecular formula is C16H25N3O. The van der Waals surface area contributed by atoms with E-state index in [-0.39, 0.29) is 11.4 Å². The van der Waals surface area contributed by atoms with Crippen molar-refractivity contribution < 1.29 is 4.79 Å². The van der Waals surface area contributed by atoms with Gasteiger partial charge in [0.05, 0.1) is 0 Å². The maximum atomic E-state index is 12.3. The summed E-state index contributed by atoms with van der Waals surface area (Å²) in [4.78, 5) is 14.6. The molecule has 1 aromatic carbocycles. The summed E-state index contributed by atoms with van der Waals surface area (Å²) in [5.41, 5.74) is 2.92. The summed E-state index contributed by atoms with van der Waals surface area (Å²) in [6, 6.07) is 5.96. The number of benzene rings is 1. The number of piperazine rings is 1. The maximum absolute atomic E-state index is 12.3. The molecule has 1 fully saturated rings. The highest BCUT2D eigenvalue weighted by Gasteiger charge is 2.18. The van der Waals surface area contributed by atoms with Gasteiger partial charge in [-0.15, -0.1) is 0 Å². The second-order valence-corrected chi connectivity index (χ2v) is 6.44. The Kier molecular flexibility index (Phi) is 4.33. The van der Waals surface area contributed by atoms with E-state index in [1.165, 1.54) is 11.3 Å². The van der Waals surface area contributed by atoms with E-state index in [2.05, 4.69) is 22.5 Å².